The summed E-state index contributed by atoms with van der Waals surface area (Å²) in [5, 5.41) is 0. The van der Waals surface area contributed by atoms with E-state index in [-0.39, 0.29) is 4.90 Å². The number of ether oxygens (including phenoxy) is 1. The summed E-state index contributed by atoms with van der Waals surface area (Å²) in [6, 6.07) is 22.2. The lowest BCUT2D eigenvalue weighted by Crippen LogP contribution is -2.18. The molecule has 0 aliphatic rings. The highest BCUT2D eigenvalue weighted by Crippen LogP contribution is 2.25. The van der Waals surface area contributed by atoms with Crippen LogP contribution in [0, 0.1) is 13.8 Å². The maximum absolute atomic E-state index is 12.7. The normalized spacial score (nSPS) is 11.9. The van der Waals surface area contributed by atoms with Crippen LogP contribution in [0.2, 0.25) is 0 Å². The standard InChI is InChI=1S/C23H23NO3S/c1-17-4-8-19(9-5-17)23(20-10-12-21(27-3)13-11-20)16-24-28(25,26)22-14-6-18(2)7-15-22/h4-16,24H,1-3H3/b23-16+. The van der Waals surface area contributed by atoms with Gasteiger partial charge in [-0.05, 0) is 49.2 Å². The highest BCUT2D eigenvalue weighted by molar-refractivity contribution is 7.89. The van der Waals surface area contributed by atoms with E-state index in [2.05, 4.69) is 4.72 Å². The molecular formula is C23H23NO3S. The third kappa shape index (κ3) is 4.61. The van der Waals surface area contributed by atoms with Gasteiger partial charge in [-0.3, -0.25) is 4.72 Å². The fourth-order valence-corrected chi connectivity index (χ4v) is 3.66. The lowest BCUT2D eigenvalue weighted by atomic mass is 9.98. The average Bonchev–Trinajstić information content (AvgIpc) is 2.70. The van der Waals surface area contributed by atoms with Gasteiger partial charge in [0.1, 0.15) is 5.75 Å². The van der Waals surface area contributed by atoms with Crippen molar-refractivity contribution in [3.63, 3.8) is 0 Å². The van der Waals surface area contributed by atoms with Crippen LogP contribution in [0.5, 0.6) is 5.75 Å². The molecule has 0 aliphatic carbocycles. The number of aryl methyl sites for hydroxylation is 2. The smallest absolute Gasteiger partial charge is 0.261 e. The van der Waals surface area contributed by atoms with Crippen molar-refractivity contribution < 1.29 is 13.2 Å². The van der Waals surface area contributed by atoms with Crippen molar-refractivity contribution >= 4 is 15.6 Å². The van der Waals surface area contributed by atoms with Crippen LogP contribution in [0.1, 0.15) is 22.3 Å². The number of rotatable bonds is 6. The molecule has 1 N–H and O–H groups in total. The highest BCUT2D eigenvalue weighted by Gasteiger charge is 2.13. The highest BCUT2D eigenvalue weighted by atomic mass is 32.2. The van der Waals surface area contributed by atoms with E-state index >= 15 is 0 Å². The van der Waals surface area contributed by atoms with Gasteiger partial charge < -0.3 is 4.74 Å². The Labute approximate surface area is 166 Å². The van der Waals surface area contributed by atoms with E-state index in [0.29, 0.717) is 0 Å². The van der Waals surface area contributed by atoms with Gasteiger partial charge in [0.25, 0.3) is 10.0 Å². The van der Waals surface area contributed by atoms with Gasteiger partial charge in [0, 0.05) is 11.8 Å². The van der Waals surface area contributed by atoms with Crippen molar-refractivity contribution in [3.05, 3.63) is 101 Å². The second-order valence-corrected chi connectivity index (χ2v) is 8.30. The molecule has 0 aliphatic heterocycles. The van der Waals surface area contributed by atoms with E-state index in [1.165, 1.54) is 0 Å². The Morgan fingerprint density at radius 2 is 1.25 bits per heavy atom. The molecule has 3 aromatic carbocycles. The van der Waals surface area contributed by atoms with Crippen LogP contribution < -0.4 is 9.46 Å². The van der Waals surface area contributed by atoms with Gasteiger partial charge in [-0.2, -0.15) is 0 Å². The molecule has 0 bridgehead atoms. The van der Waals surface area contributed by atoms with Crippen molar-refractivity contribution in [2.75, 3.05) is 7.11 Å². The zero-order chi connectivity index (χ0) is 20.1. The first-order valence-corrected chi connectivity index (χ1v) is 10.4. The molecule has 3 rings (SSSR count). The van der Waals surface area contributed by atoms with Gasteiger partial charge in [-0.15, -0.1) is 0 Å². The minimum Gasteiger partial charge on any atom is -0.497 e. The Morgan fingerprint density at radius 3 is 1.75 bits per heavy atom. The first-order valence-electron chi connectivity index (χ1n) is 8.90. The Morgan fingerprint density at radius 1 is 0.786 bits per heavy atom. The monoisotopic (exact) mass is 393 g/mol. The molecule has 0 radical (unpaired) electrons. The second kappa shape index (κ2) is 8.31. The zero-order valence-corrected chi connectivity index (χ0v) is 17.0. The Balaban J connectivity index is 2.00. The summed E-state index contributed by atoms with van der Waals surface area (Å²) in [5.41, 5.74) is 4.73. The first-order chi connectivity index (χ1) is 13.4. The summed E-state index contributed by atoms with van der Waals surface area (Å²) in [6.07, 6.45) is 1.54. The minimum atomic E-state index is -3.66. The van der Waals surface area contributed by atoms with Crippen LogP contribution in [-0.4, -0.2) is 15.5 Å². The predicted octanol–water partition coefficient (Wildman–Crippen LogP) is 4.68. The Bertz CT molecular complexity index is 1070. The SMILES string of the molecule is COc1ccc(/C(=C/NS(=O)(=O)c2ccc(C)cc2)c2ccc(C)cc2)cc1. The number of methoxy groups -OCH3 is 1. The van der Waals surface area contributed by atoms with Crippen LogP contribution in [0.15, 0.2) is 83.9 Å². The fraction of sp³-hybridized carbons (Fsp3) is 0.130. The van der Waals surface area contributed by atoms with Gasteiger partial charge in [-0.1, -0.05) is 59.7 Å². The quantitative estimate of drug-likeness (QED) is 0.662. The van der Waals surface area contributed by atoms with Crippen molar-refractivity contribution in [2.24, 2.45) is 0 Å². The molecule has 0 atom stereocenters. The first kappa shape index (κ1) is 19.7. The molecule has 0 fully saturated rings. The molecule has 0 spiro atoms. The maximum atomic E-state index is 12.7. The number of sulfonamides is 1. The zero-order valence-electron chi connectivity index (χ0n) is 16.1. The predicted molar refractivity (Wildman–Crippen MR) is 113 cm³/mol. The number of hydrogen-bond donors (Lipinski definition) is 1. The van der Waals surface area contributed by atoms with E-state index < -0.39 is 10.0 Å². The van der Waals surface area contributed by atoms with Gasteiger partial charge >= 0.3 is 0 Å². The van der Waals surface area contributed by atoms with E-state index in [0.717, 1.165) is 33.6 Å². The number of hydrogen-bond acceptors (Lipinski definition) is 3. The maximum Gasteiger partial charge on any atom is 0.261 e. The third-order valence-electron chi connectivity index (χ3n) is 4.45. The summed E-state index contributed by atoms with van der Waals surface area (Å²) < 4.78 is 33.2. The summed E-state index contributed by atoms with van der Waals surface area (Å²) in [7, 11) is -2.05. The van der Waals surface area contributed by atoms with E-state index in [4.69, 9.17) is 4.74 Å². The molecule has 3 aromatic rings. The van der Waals surface area contributed by atoms with Gasteiger partial charge in [0.2, 0.25) is 0 Å². The summed E-state index contributed by atoms with van der Waals surface area (Å²) in [6.45, 7) is 3.93. The van der Waals surface area contributed by atoms with E-state index in [1.807, 2.05) is 62.4 Å². The van der Waals surface area contributed by atoms with Gasteiger partial charge in [0.15, 0.2) is 0 Å². The van der Waals surface area contributed by atoms with Crippen LogP contribution in [0.4, 0.5) is 0 Å². The lowest BCUT2D eigenvalue weighted by Gasteiger charge is -2.12. The van der Waals surface area contributed by atoms with Crippen molar-refractivity contribution in [1.82, 2.24) is 4.72 Å². The molecule has 5 heteroatoms. The lowest BCUT2D eigenvalue weighted by molar-refractivity contribution is 0.415. The molecule has 4 nitrogen and oxygen atoms in total. The summed E-state index contributed by atoms with van der Waals surface area (Å²) >= 11 is 0. The van der Waals surface area contributed by atoms with Crippen molar-refractivity contribution in [3.8, 4) is 5.75 Å². The second-order valence-electron chi connectivity index (χ2n) is 6.59. The number of benzene rings is 3. The van der Waals surface area contributed by atoms with Gasteiger partial charge in [0.05, 0.1) is 12.0 Å². The van der Waals surface area contributed by atoms with E-state index in [1.54, 1.807) is 37.6 Å². The van der Waals surface area contributed by atoms with Crippen LogP contribution >= 0.6 is 0 Å². The average molecular weight is 394 g/mol. The molecule has 0 saturated heterocycles. The van der Waals surface area contributed by atoms with Crippen LogP contribution in [0.25, 0.3) is 5.57 Å². The summed E-state index contributed by atoms with van der Waals surface area (Å²) in [5.74, 6) is 0.743. The van der Waals surface area contributed by atoms with E-state index in [9.17, 15) is 8.42 Å². The van der Waals surface area contributed by atoms with Gasteiger partial charge in [-0.25, -0.2) is 8.42 Å². The molecule has 0 heterocycles. The molecule has 0 saturated carbocycles. The Hall–Kier alpha value is -3.05. The third-order valence-corrected chi connectivity index (χ3v) is 5.77. The van der Waals surface area contributed by atoms with Crippen molar-refractivity contribution in [1.29, 1.82) is 0 Å². The van der Waals surface area contributed by atoms with Crippen LogP contribution in [-0.2, 0) is 10.0 Å². The largest absolute Gasteiger partial charge is 0.497 e. The number of nitrogens with one attached hydrogen (secondary N) is 1. The molecule has 144 valence electrons. The molecule has 0 aromatic heterocycles. The summed E-state index contributed by atoms with van der Waals surface area (Å²) in [4.78, 5) is 0.229. The van der Waals surface area contributed by atoms with Crippen molar-refractivity contribution in [2.45, 2.75) is 18.7 Å². The fourth-order valence-electron chi connectivity index (χ4n) is 2.76. The topological polar surface area (TPSA) is 55.4 Å². The minimum absolute atomic E-state index is 0.229. The molecule has 0 amide bonds. The molecule has 28 heavy (non-hydrogen) atoms. The molecular weight excluding hydrogens is 370 g/mol. The Kier molecular flexibility index (Phi) is 5.85. The molecule has 0 unspecified atom stereocenters. The van der Waals surface area contributed by atoms with Crippen LogP contribution in [0.3, 0.4) is 0 Å².